The Kier molecular flexibility index (Phi) is 7.28. The van der Waals surface area contributed by atoms with E-state index >= 15 is 0 Å². The number of benzene rings is 1. The van der Waals surface area contributed by atoms with Gasteiger partial charge in [-0.05, 0) is 42.3 Å². The fourth-order valence-corrected chi connectivity index (χ4v) is 4.17. The molecule has 0 saturated carbocycles. The summed E-state index contributed by atoms with van der Waals surface area (Å²) in [5.41, 5.74) is 7.25. The lowest BCUT2D eigenvalue weighted by Crippen LogP contribution is -2.29. The summed E-state index contributed by atoms with van der Waals surface area (Å²) < 4.78 is 0. The van der Waals surface area contributed by atoms with Gasteiger partial charge in [0.05, 0.1) is 0 Å². The molecule has 3 nitrogen and oxygen atoms in total. The maximum Gasteiger partial charge on any atom is 0.222 e. The van der Waals surface area contributed by atoms with E-state index in [9.17, 15) is 4.79 Å². The molecule has 0 aliphatic carbocycles. The summed E-state index contributed by atoms with van der Waals surface area (Å²) in [5.74, 6) is 1.03. The number of thiophene rings is 1. The highest BCUT2D eigenvalue weighted by atomic mass is 35.5. The quantitative estimate of drug-likeness (QED) is 0.849. The zero-order valence-electron chi connectivity index (χ0n) is 13.8. The number of aryl methyl sites for hydroxylation is 1. The molecule has 1 aliphatic rings. The first-order valence-electron chi connectivity index (χ1n) is 8.33. The summed E-state index contributed by atoms with van der Waals surface area (Å²) in [4.78, 5) is 15.9. The van der Waals surface area contributed by atoms with Gasteiger partial charge in [-0.25, -0.2) is 0 Å². The lowest BCUT2D eigenvalue weighted by molar-refractivity contribution is -0.130. The van der Waals surface area contributed by atoms with Crippen molar-refractivity contribution in [1.29, 1.82) is 0 Å². The molecule has 1 amide bonds. The highest BCUT2D eigenvalue weighted by Crippen LogP contribution is 2.32. The molecule has 0 radical (unpaired) electrons. The van der Waals surface area contributed by atoms with E-state index in [-0.39, 0.29) is 18.3 Å². The normalized spacial score (nSPS) is 20.0. The van der Waals surface area contributed by atoms with Gasteiger partial charge in [0.15, 0.2) is 0 Å². The van der Waals surface area contributed by atoms with Crippen molar-refractivity contribution in [2.75, 3.05) is 19.6 Å². The minimum atomic E-state index is 0. The van der Waals surface area contributed by atoms with E-state index < -0.39 is 0 Å². The molecule has 0 spiro atoms. The van der Waals surface area contributed by atoms with Crippen LogP contribution >= 0.6 is 23.7 Å². The molecule has 1 fully saturated rings. The number of amides is 1. The van der Waals surface area contributed by atoms with Crippen LogP contribution in [0.1, 0.15) is 29.2 Å². The average molecular weight is 365 g/mol. The smallest absolute Gasteiger partial charge is 0.222 e. The van der Waals surface area contributed by atoms with Gasteiger partial charge in [-0.15, -0.1) is 23.7 Å². The van der Waals surface area contributed by atoms with Gasteiger partial charge < -0.3 is 10.6 Å². The molecule has 0 unspecified atom stereocenters. The first-order valence-corrected chi connectivity index (χ1v) is 9.21. The van der Waals surface area contributed by atoms with Gasteiger partial charge >= 0.3 is 0 Å². The molecule has 2 aromatic rings. The Bertz CT molecular complexity index is 618. The minimum absolute atomic E-state index is 0. The molecular weight excluding hydrogens is 340 g/mol. The summed E-state index contributed by atoms with van der Waals surface area (Å²) in [6, 6.07) is 14.7. The standard InChI is InChI=1S/C19H24N2OS.ClH/c20-12-16-13-21(14-18(16)15-6-2-1-3-7-15)19(22)10-4-8-17-9-5-11-23-17;/h1-3,5-7,9,11,16,18H,4,8,10,12-14,20H2;1H/t16-,18+;/m1./s1. The van der Waals surface area contributed by atoms with Crippen molar-refractivity contribution >= 4 is 29.7 Å². The highest BCUT2D eigenvalue weighted by Gasteiger charge is 2.34. The molecule has 5 heteroatoms. The lowest BCUT2D eigenvalue weighted by atomic mass is 9.89. The zero-order valence-corrected chi connectivity index (χ0v) is 15.4. The van der Waals surface area contributed by atoms with Crippen LogP contribution in [0, 0.1) is 5.92 Å². The van der Waals surface area contributed by atoms with Crippen molar-refractivity contribution < 1.29 is 4.79 Å². The van der Waals surface area contributed by atoms with E-state index in [1.54, 1.807) is 11.3 Å². The molecule has 1 aromatic heterocycles. The van der Waals surface area contributed by atoms with Crippen LogP contribution < -0.4 is 5.73 Å². The molecule has 1 saturated heterocycles. The summed E-state index contributed by atoms with van der Waals surface area (Å²) >= 11 is 1.77. The van der Waals surface area contributed by atoms with Gasteiger partial charge in [0, 0.05) is 30.3 Å². The molecular formula is C19H25ClN2OS. The maximum atomic E-state index is 12.5. The van der Waals surface area contributed by atoms with Crippen LogP contribution in [0.15, 0.2) is 47.8 Å². The van der Waals surface area contributed by atoms with E-state index in [4.69, 9.17) is 5.73 Å². The van der Waals surface area contributed by atoms with Gasteiger partial charge in [-0.2, -0.15) is 0 Å². The highest BCUT2D eigenvalue weighted by molar-refractivity contribution is 7.09. The zero-order chi connectivity index (χ0) is 16.1. The van der Waals surface area contributed by atoms with Gasteiger partial charge in [-0.1, -0.05) is 36.4 Å². The predicted molar refractivity (Wildman–Crippen MR) is 103 cm³/mol. The molecule has 0 bridgehead atoms. The van der Waals surface area contributed by atoms with Crippen LogP contribution in [-0.4, -0.2) is 30.4 Å². The second-order valence-corrected chi connectivity index (χ2v) is 7.28. The van der Waals surface area contributed by atoms with Gasteiger partial charge in [-0.3, -0.25) is 4.79 Å². The van der Waals surface area contributed by atoms with Crippen LogP contribution in [-0.2, 0) is 11.2 Å². The second-order valence-electron chi connectivity index (χ2n) is 6.24. The van der Waals surface area contributed by atoms with Crippen LogP contribution in [0.2, 0.25) is 0 Å². The summed E-state index contributed by atoms with van der Waals surface area (Å²) in [7, 11) is 0. The van der Waals surface area contributed by atoms with Crippen molar-refractivity contribution in [3.63, 3.8) is 0 Å². The molecule has 2 atom stereocenters. The second kappa shape index (κ2) is 9.21. The van der Waals surface area contributed by atoms with Crippen LogP contribution in [0.4, 0.5) is 0 Å². The Morgan fingerprint density at radius 2 is 1.96 bits per heavy atom. The third-order valence-corrected chi connectivity index (χ3v) is 5.65. The Labute approximate surface area is 154 Å². The summed E-state index contributed by atoms with van der Waals surface area (Å²) in [6.45, 7) is 2.25. The number of nitrogens with two attached hydrogens (primary N) is 1. The van der Waals surface area contributed by atoms with Crippen LogP contribution in [0.5, 0.6) is 0 Å². The molecule has 1 aliphatic heterocycles. The van der Waals surface area contributed by atoms with E-state index in [1.165, 1.54) is 10.4 Å². The molecule has 3 rings (SSSR count). The monoisotopic (exact) mass is 364 g/mol. The molecule has 24 heavy (non-hydrogen) atoms. The fourth-order valence-electron chi connectivity index (χ4n) is 3.42. The number of nitrogens with zero attached hydrogens (tertiary/aromatic N) is 1. The van der Waals surface area contributed by atoms with Gasteiger partial charge in [0.2, 0.25) is 5.91 Å². The number of carbonyl (C=O) groups excluding carboxylic acids is 1. The van der Waals surface area contributed by atoms with Crippen LogP contribution in [0.3, 0.4) is 0 Å². The summed E-state index contributed by atoms with van der Waals surface area (Å²) in [6.07, 6.45) is 2.57. The number of carbonyl (C=O) groups is 1. The van der Waals surface area contributed by atoms with Crippen molar-refractivity contribution in [1.82, 2.24) is 4.90 Å². The third kappa shape index (κ3) is 4.59. The fraction of sp³-hybridized carbons (Fsp3) is 0.421. The number of halogens is 1. The average Bonchev–Trinajstić information content (AvgIpc) is 3.25. The first kappa shape index (κ1) is 19.0. The predicted octanol–water partition coefficient (Wildman–Crippen LogP) is 3.69. The largest absolute Gasteiger partial charge is 0.342 e. The van der Waals surface area contributed by atoms with E-state index in [0.29, 0.717) is 24.8 Å². The summed E-state index contributed by atoms with van der Waals surface area (Å²) in [5, 5.41) is 2.09. The SMILES string of the molecule is Cl.NC[C@@H]1CN(C(=O)CCCc2cccs2)C[C@H]1c1ccccc1. The van der Waals surface area contributed by atoms with E-state index in [1.807, 2.05) is 11.0 Å². The Morgan fingerprint density at radius 1 is 1.17 bits per heavy atom. The number of rotatable bonds is 6. The molecule has 130 valence electrons. The minimum Gasteiger partial charge on any atom is -0.342 e. The third-order valence-electron chi connectivity index (χ3n) is 4.72. The van der Waals surface area contributed by atoms with Gasteiger partial charge in [0.25, 0.3) is 0 Å². The van der Waals surface area contributed by atoms with Gasteiger partial charge in [0.1, 0.15) is 0 Å². The molecule has 2 N–H and O–H groups in total. The Morgan fingerprint density at radius 3 is 2.62 bits per heavy atom. The Balaban J connectivity index is 0.00000208. The van der Waals surface area contributed by atoms with Crippen LogP contribution in [0.25, 0.3) is 0 Å². The number of likely N-dealkylation sites (tertiary alicyclic amines) is 1. The van der Waals surface area contributed by atoms with Crippen molar-refractivity contribution in [3.05, 3.63) is 58.3 Å². The Hall–Kier alpha value is -1.36. The molecule has 2 heterocycles. The van der Waals surface area contributed by atoms with Crippen molar-refractivity contribution in [2.45, 2.75) is 25.2 Å². The topological polar surface area (TPSA) is 46.3 Å². The van der Waals surface area contributed by atoms with Crippen molar-refractivity contribution in [3.8, 4) is 0 Å². The maximum absolute atomic E-state index is 12.5. The first-order chi connectivity index (χ1) is 11.3. The number of hydrogen-bond acceptors (Lipinski definition) is 3. The lowest BCUT2D eigenvalue weighted by Gasteiger charge is -2.16. The van der Waals surface area contributed by atoms with E-state index in [2.05, 4.69) is 41.8 Å². The van der Waals surface area contributed by atoms with Crippen molar-refractivity contribution in [2.24, 2.45) is 11.7 Å². The van der Waals surface area contributed by atoms with E-state index in [0.717, 1.165) is 25.9 Å². The number of hydrogen-bond donors (Lipinski definition) is 1. The molecule has 1 aromatic carbocycles.